The van der Waals surface area contributed by atoms with Crippen LogP contribution < -0.4 is 11.1 Å². The van der Waals surface area contributed by atoms with E-state index in [1.54, 1.807) is 6.20 Å². The lowest BCUT2D eigenvalue weighted by atomic mass is 10.1. The van der Waals surface area contributed by atoms with Gasteiger partial charge in [0.05, 0.1) is 6.04 Å². The van der Waals surface area contributed by atoms with E-state index in [2.05, 4.69) is 10.3 Å². The van der Waals surface area contributed by atoms with E-state index in [0.717, 1.165) is 23.6 Å². The van der Waals surface area contributed by atoms with Crippen molar-refractivity contribution in [2.75, 3.05) is 13.6 Å². The summed E-state index contributed by atoms with van der Waals surface area (Å²) in [6, 6.07) is -0.780. The quantitative estimate of drug-likeness (QED) is 0.780. The van der Waals surface area contributed by atoms with E-state index in [4.69, 9.17) is 5.73 Å². The van der Waals surface area contributed by atoms with Crippen LogP contribution in [0, 0.1) is 0 Å². The van der Waals surface area contributed by atoms with Crippen molar-refractivity contribution in [1.82, 2.24) is 19.8 Å². The summed E-state index contributed by atoms with van der Waals surface area (Å²) < 4.78 is 1.87. The number of nitrogens with one attached hydrogen (secondary N) is 1. The number of hydrogen-bond donors (Lipinski definition) is 2. The van der Waals surface area contributed by atoms with Crippen molar-refractivity contribution >= 4 is 11.9 Å². The summed E-state index contributed by atoms with van der Waals surface area (Å²) in [5.41, 5.74) is 5.08. The number of likely N-dealkylation sites (N-methyl/N-ethyl adjacent to an activating group) is 1. The van der Waals surface area contributed by atoms with Crippen LogP contribution >= 0.6 is 0 Å². The highest BCUT2D eigenvalue weighted by Crippen LogP contribution is 2.15. The first-order chi connectivity index (χ1) is 8.95. The molecule has 0 aromatic carbocycles. The molecule has 0 aliphatic rings. The predicted octanol–water partition coefficient (Wildman–Crippen LogP) is 0.388. The number of nitrogens with zero attached hydrogens (tertiary/aromatic N) is 3. The largest absolute Gasteiger partial charge is 0.351 e. The molecule has 1 atom stereocenters. The van der Waals surface area contributed by atoms with Crippen molar-refractivity contribution < 1.29 is 9.59 Å². The number of aryl methyl sites for hydroxylation is 1. The number of aromatic nitrogens is 2. The molecule has 1 rings (SSSR count). The Kier molecular flexibility index (Phi) is 5.35. The van der Waals surface area contributed by atoms with Gasteiger partial charge in [0.25, 0.3) is 0 Å². The summed E-state index contributed by atoms with van der Waals surface area (Å²) in [5, 5.41) is 2.88. The molecule has 7 heteroatoms. The Morgan fingerprint density at radius 2 is 2.26 bits per heavy atom. The number of nitrogens with two attached hydrogens (primary N) is 1. The molecular formula is C12H21N5O2. The van der Waals surface area contributed by atoms with E-state index in [-0.39, 0.29) is 18.5 Å². The van der Waals surface area contributed by atoms with Gasteiger partial charge in [0.15, 0.2) is 0 Å². The Labute approximate surface area is 112 Å². The normalized spacial score (nSPS) is 11.9. The fourth-order valence-corrected chi connectivity index (χ4v) is 1.80. The molecule has 7 nitrogen and oxygen atoms in total. The standard InChI is InChI=1S/C12H21N5O2/c1-4-5-9(11-14-6-7-16(11)2)15-10(18)8-17(3)12(13)19/h6-7,9H,4-5,8H2,1-3H3,(H2,13,19)(H,15,18). The Hall–Kier alpha value is -2.05. The maximum Gasteiger partial charge on any atom is 0.314 e. The van der Waals surface area contributed by atoms with Crippen LogP contribution in [0.2, 0.25) is 0 Å². The molecule has 1 aromatic rings. The average Bonchev–Trinajstić information content (AvgIpc) is 2.74. The van der Waals surface area contributed by atoms with Gasteiger partial charge in [-0.3, -0.25) is 4.79 Å². The fraction of sp³-hybridized carbons (Fsp3) is 0.583. The number of primary amides is 1. The first-order valence-electron chi connectivity index (χ1n) is 6.22. The number of rotatable bonds is 6. The Bertz CT molecular complexity index is 443. The average molecular weight is 267 g/mol. The monoisotopic (exact) mass is 267 g/mol. The van der Waals surface area contributed by atoms with Crippen molar-refractivity contribution in [3.8, 4) is 0 Å². The minimum Gasteiger partial charge on any atom is -0.351 e. The molecule has 0 saturated heterocycles. The Morgan fingerprint density at radius 1 is 1.58 bits per heavy atom. The zero-order valence-electron chi connectivity index (χ0n) is 11.6. The van der Waals surface area contributed by atoms with Gasteiger partial charge in [-0.05, 0) is 6.42 Å². The highest BCUT2D eigenvalue weighted by atomic mass is 16.2. The summed E-state index contributed by atoms with van der Waals surface area (Å²) in [4.78, 5) is 28.1. The van der Waals surface area contributed by atoms with E-state index < -0.39 is 6.03 Å². The Morgan fingerprint density at radius 3 is 2.74 bits per heavy atom. The van der Waals surface area contributed by atoms with E-state index in [1.807, 2.05) is 24.7 Å². The van der Waals surface area contributed by atoms with Gasteiger partial charge >= 0.3 is 6.03 Å². The minimum absolute atomic E-state index is 0.0556. The maximum atomic E-state index is 11.9. The van der Waals surface area contributed by atoms with E-state index in [0.29, 0.717) is 0 Å². The minimum atomic E-state index is -0.626. The van der Waals surface area contributed by atoms with E-state index in [1.165, 1.54) is 7.05 Å². The van der Waals surface area contributed by atoms with Crippen LogP contribution in [0.4, 0.5) is 4.79 Å². The first kappa shape index (κ1) is 15.0. The highest BCUT2D eigenvalue weighted by Gasteiger charge is 2.19. The lowest BCUT2D eigenvalue weighted by Gasteiger charge is -2.20. The number of urea groups is 1. The second kappa shape index (κ2) is 6.77. The molecule has 19 heavy (non-hydrogen) atoms. The molecule has 0 bridgehead atoms. The van der Waals surface area contributed by atoms with Crippen LogP contribution in [0.1, 0.15) is 31.6 Å². The van der Waals surface area contributed by atoms with Crippen LogP contribution in [0.15, 0.2) is 12.4 Å². The van der Waals surface area contributed by atoms with Crippen LogP contribution in [-0.4, -0.2) is 40.0 Å². The third-order valence-corrected chi connectivity index (χ3v) is 2.84. The molecule has 3 N–H and O–H groups in total. The van der Waals surface area contributed by atoms with Gasteiger partial charge in [0.1, 0.15) is 12.4 Å². The number of carbonyl (C=O) groups is 2. The molecule has 0 saturated carbocycles. The Balaban J connectivity index is 2.67. The van der Waals surface area contributed by atoms with Gasteiger partial charge in [-0.25, -0.2) is 9.78 Å². The van der Waals surface area contributed by atoms with E-state index >= 15 is 0 Å². The first-order valence-corrected chi connectivity index (χ1v) is 6.22. The summed E-state index contributed by atoms with van der Waals surface area (Å²) in [5.74, 6) is 0.555. The third-order valence-electron chi connectivity index (χ3n) is 2.84. The number of carbonyl (C=O) groups excluding carboxylic acids is 2. The topological polar surface area (TPSA) is 93.2 Å². The van der Waals surface area contributed by atoms with Gasteiger partial charge in [0, 0.05) is 26.5 Å². The number of imidazole rings is 1. The molecular weight excluding hydrogens is 246 g/mol. The highest BCUT2D eigenvalue weighted by molar-refractivity contribution is 5.83. The SMILES string of the molecule is CCCC(NC(=O)CN(C)C(N)=O)c1nccn1C. The second-order valence-electron chi connectivity index (χ2n) is 4.50. The second-order valence-corrected chi connectivity index (χ2v) is 4.50. The van der Waals surface area contributed by atoms with Gasteiger partial charge in [-0.1, -0.05) is 13.3 Å². The molecule has 1 heterocycles. The van der Waals surface area contributed by atoms with Crippen molar-refractivity contribution in [3.05, 3.63) is 18.2 Å². The fourth-order valence-electron chi connectivity index (χ4n) is 1.80. The zero-order valence-corrected chi connectivity index (χ0v) is 11.6. The summed E-state index contributed by atoms with van der Waals surface area (Å²) in [7, 11) is 3.37. The van der Waals surface area contributed by atoms with Crippen LogP contribution in [0.5, 0.6) is 0 Å². The van der Waals surface area contributed by atoms with Crippen molar-refractivity contribution in [2.24, 2.45) is 12.8 Å². The summed E-state index contributed by atoms with van der Waals surface area (Å²) in [6.45, 7) is 1.98. The molecule has 0 aliphatic carbocycles. The number of hydrogen-bond acceptors (Lipinski definition) is 3. The smallest absolute Gasteiger partial charge is 0.314 e. The van der Waals surface area contributed by atoms with E-state index in [9.17, 15) is 9.59 Å². The maximum absolute atomic E-state index is 11.9. The molecule has 0 radical (unpaired) electrons. The van der Waals surface area contributed by atoms with Gasteiger partial charge in [0.2, 0.25) is 5.91 Å². The molecule has 1 unspecified atom stereocenters. The van der Waals surface area contributed by atoms with Crippen molar-refractivity contribution in [2.45, 2.75) is 25.8 Å². The van der Waals surface area contributed by atoms with Crippen molar-refractivity contribution in [1.29, 1.82) is 0 Å². The molecule has 1 aromatic heterocycles. The molecule has 0 spiro atoms. The van der Waals surface area contributed by atoms with Gasteiger partial charge in [-0.2, -0.15) is 0 Å². The summed E-state index contributed by atoms with van der Waals surface area (Å²) in [6.07, 6.45) is 5.24. The molecule has 0 aliphatic heterocycles. The van der Waals surface area contributed by atoms with Crippen LogP contribution in [-0.2, 0) is 11.8 Å². The van der Waals surface area contributed by atoms with Crippen molar-refractivity contribution in [3.63, 3.8) is 0 Å². The zero-order chi connectivity index (χ0) is 14.4. The lowest BCUT2D eigenvalue weighted by molar-refractivity contribution is -0.122. The molecule has 106 valence electrons. The molecule has 3 amide bonds. The third kappa shape index (κ3) is 4.27. The molecule has 0 fully saturated rings. The van der Waals surface area contributed by atoms with Crippen LogP contribution in [0.25, 0.3) is 0 Å². The van der Waals surface area contributed by atoms with Crippen LogP contribution in [0.3, 0.4) is 0 Å². The lowest BCUT2D eigenvalue weighted by Crippen LogP contribution is -2.42. The van der Waals surface area contributed by atoms with Gasteiger partial charge in [-0.15, -0.1) is 0 Å². The summed E-state index contributed by atoms with van der Waals surface area (Å²) >= 11 is 0. The van der Waals surface area contributed by atoms with Gasteiger partial charge < -0.3 is 20.5 Å². The predicted molar refractivity (Wildman–Crippen MR) is 71.2 cm³/mol. The number of amides is 3.